The van der Waals surface area contributed by atoms with Crippen molar-refractivity contribution < 1.29 is 9.90 Å². The van der Waals surface area contributed by atoms with Gasteiger partial charge >= 0.3 is 5.97 Å². The van der Waals surface area contributed by atoms with Gasteiger partial charge in [0.25, 0.3) is 0 Å². The van der Waals surface area contributed by atoms with Gasteiger partial charge in [-0.15, -0.1) is 5.10 Å². The molecule has 25 heavy (non-hydrogen) atoms. The number of halogens is 1. The Morgan fingerprint density at radius 1 is 1.20 bits per heavy atom. The second-order valence-corrected chi connectivity index (χ2v) is 6.77. The molecular formula is C17H18ClN5O2. The number of carboxylic acid groups (broad SMARTS) is 1. The maximum Gasteiger partial charge on any atom is 0.356 e. The normalized spacial score (nSPS) is 14.6. The first kappa shape index (κ1) is 16.0. The maximum atomic E-state index is 11.1. The Morgan fingerprint density at radius 3 is 2.64 bits per heavy atom. The van der Waals surface area contributed by atoms with E-state index >= 15 is 0 Å². The lowest BCUT2D eigenvalue weighted by atomic mass is 10.3. The van der Waals surface area contributed by atoms with Crippen LogP contribution in [0.2, 0.25) is 5.02 Å². The Morgan fingerprint density at radius 2 is 1.96 bits per heavy atom. The number of hydrogen-bond donors (Lipinski definition) is 1. The van der Waals surface area contributed by atoms with E-state index in [9.17, 15) is 4.79 Å². The average Bonchev–Trinajstić information content (AvgIpc) is 3.26. The number of carbonyl (C=O) groups is 1. The lowest BCUT2D eigenvalue weighted by Crippen LogP contribution is -2.18. The molecule has 1 fully saturated rings. The molecule has 1 aliphatic heterocycles. The van der Waals surface area contributed by atoms with Crippen molar-refractivity contribution >= 4 is 28.9 Å². The van der Waals surface area contributed by atoms with Crippen molar-refractivity contribution in [3.8, 4) is 0 Å². The molecule has 0 aliphatic carbocycles. The summed E-state index contributed by atoms with van der Waals surface area (Å²) in [7, 11) is 0. The molecule has 130 valence electrons. The summed E-state index contributed by atoms with van der Waals surface area (Å²) in [6.45, 7) is 4.28. The van der Waals surface area contributed by atoms with Crippen LogP contribution in [0.15, 0.2) is 24.3 Å². The van der Waals surface area contributed by atoms with Crippen LogP contribution in [0.1, 0.15) is 34.7 Å². The lowest BCUT2D eigenvalue weighted by molar-refractivity contribution is 0.0689. The maximum absolute atomic E-state index is 11.1. The second-order valence-electron chi connectivity index (χ2n) is 6.33. The fourth-order valence-corrected chi connectivity index (χ4v) is 3.50. The summed E-state index contributed by atoms with van der Waals surface area (Å²) >= 11 is 6.28. The molecule has 0 spiro atoms. The Bertz CT molecular complexity index is 956. The molecule has 0 amide bonds. The Balaban J connectivity index is 1.74. The Labute approximate surface area is 149 Å². The largest absolute Gasteiger partial charge is 0.476 e. The lowest BCUT2D eigenvalue weighted by Gasteiger charge is -2.12. The molecule has 3 aromatic rings. The van der Waals surface area contributed by atoms with Crippen LogP contribution >= 0.6 is 11.6 Å². The summed E-state index contributed by atoms with van der Waals surface area (Å²) in [5.41, 5.74) is 2.59. The predicted octanol–water partition coefficient (Wildman–Crippen LogP) is 2.84. The molecule has 3 aromatic heterocycles. The standard InChI is InChI=1S/C17H18ClN5O2/c1-11-6-15(17(24)25)19-22(11)10-14-8-12(18)7-13-9-16(20-23(13)14)21-4-2-3-5-21/h6-9H,2-5,10H2,1H3,(H,24,25). The van der Waals surface area contributed by atoms with E-state index in [-0.39, 0.29) is 5.69 Å². The molecular weight excluding hydrogens is 342 g/mol. The molecule has 0 radical (unpaired) electrons. The number of carboxylic acids is 1. The van der Waals surface area contributed by atoms with E-state index in [2.05, 4.69) is 10.00 Å². The van der Waals surface area contributed by atoms with Gasteiger partial charge in [0.15, 0.2) is 11.5 Å². The summed E-state index contributed by atoms with van der Waals surface area (Å²) in [5.74, 6) is -0.0853. The third kappa shape index (κ3) is 2.95. The minimum atomic E-state index is -1.03. The minimum Gasteiger partial charge on any atom is -0.476 e. The Kier molecular flexibility index (Phi) is 3.88. The van der Waals surface area contributed by atoms with Crippen molar-refractivity contribution in [2.45, 2.75) is 26.3 Å². The highest BCUT2D eigenvalue weighted by molar-refractivity contribution is 6.31. The highest BCUT2D eigenvalue weighted by Gasteiger charge is 2.18. The molecule has 1 saturated heterocycles. The van der Waals surface area contributed by atoms with Gasteiger partial charge in [0.2, 0.25) is 0 Å². The number of rotatable bonds is 4. The Hall–Kier alpha value is -2.54. The highest BCUT2D eigenvalue weighted by atomic mass is 35.5. The first-order valence-corrected chi connectivity index (χ1v) is 8.60. The zero-order valence-corrected chi connectivity index (χ0v) is 14.6. The quantitative estimate of drug-likeness (QED) is 0.775. The smallest absolute Gasteiger partial charge is 0.356 e. The molecule has 8 heteroatoms. The molecule has 7 nitrogen and oxygen atoms in total. The third-order valence-corrected chi connectivity index (χ3v) is 4.75. The van der Waals surface area contributed by atoms with E-state index in [1.165, 1.54) is 12.8 Å². The second kappa shape index (κ2) is 6.07. The number of anilines is 1. The predicted molar refractivity (Wildman–Crippen MR) is 94.7 cm³/mol. The van der Waals surface area contributed by atoms with E-state index in [4.69, 9.17) is 21.8 Å². The highest BCUT2D eigenvalue weighted by Crippen LogP contribution is 2.24. The van der Waals surface area contributed by atoms with Crippen molar-refractivity contribution in [2.75, 3.05) is 18.0 Å². The molecule has 1 aliphatic rings. The third-order valence-electron chi connectivity index (χ3n) is 4.53. The molecule has 0 atom stereocenters. The number of nitrogens with zero attached hydrogens (tertiary/aromatic N) is 5. The van der Waals surface area contributed by atoms with E-state index in [0.29, 0.717) is 11.6 Å². The van der Waals surface area contributed by atoms with E-state index in [1.54, 1.807) is 10.7 Å². The topological polar surface area (TPSA) is 75.7 Å². The van der Waals surface area contributed by atoms with Gasteiger partial charge in [0, 0.05) is 29.9 Å². The minimum absolute atomic E-state index is 0.0361. The van der Waals surface area contributed by atoms with E-state index < -0.39 is 5.97 Å². The zero-order chi connectivity index (χ0) is 17.6. The number of aromatic nitrogens is 4. The molecule has 0 saturated carbocycles. The van der Waals surface area contributed by atoms with Gasteiger partial charge in [-0.3, -0.25) is 4.68 Å². The fourth-order valence-electron chi connectivity index (χ4n) is 3.26. The first-order chi connectivity index (χ1) is 12.0. The van der Waals surface area contributed by atoms with E-state index in [0.717, 1.165) is 35.8 Å². The molecule has 1 N–H and O–H groups in total. The summed E-state index contributed by atoms with van der Waals surface area (Å²) in [5, 5.41) is 18.6. The zero-order valence-electron chi connectivity index (χ0n) is 13.8. The van der Waals surface area contributed by atoms with Crippen LogP contribution in [0.5, 0.6) is 0 Å². The van der Waals surface area contributed by atoms with Crippen LogP contribution in [0, 0.1) is 6.92 Å². The van der Waals surface area contributed by atoms with Crippen LogP contribution in [0.4, 0.5) is 5.82 Å². The van der Waals surface area contributed by atoms with Gasteiger partial charge in [-0.05, 0) is 38.0 Å². The van der Waals surface area contributed by atoms with Gasteiger partial charge in [0.05, 0.1) is 17.8 Å². The summed E-state index contributed by atoms with van der Waals surface area (Å²) < 4.78 is 3.52. The van der Waals surface area contributed by atoms with Crippen LogP contribution in [0.25, 0.3) is 5.52 Å². The van der Waals surface area contributed by atoms with Crippen molar-refractivity contribution in [3.05, 3.63) is 46.4 Å². The molecule has 0 bridgehead atoms. The van der Waals surface area contributed by atoms with Gasteiger partial charge in [-0.1, -0.05) is 11.6 Å². The van der Waals surface area contributed by atoms with Crippen molar-refractivity contribution in [1.29, 1.82) is 0 Å². The fraction of sp³-hybridized carbons (Fsp3) is 0.353. The van der Waals surface area contributed by atoms with Crippen molar-refractivity contribution in [3.63, 3.8) is 0 Å². The summed E-state index contributed by atoms with van der Waals surface area (Å²) in [6, 6.07) is 7.33. The number of aromatic carboxylic acids is 1. The average molecular weight is 360 g/mol. The van der Waals surface area contributed by atoms with Crippen LogP contribution in [0.3, 0.4) is 0 Å². The van der Waals surface area contributed by atoms with Crippen molar-refractivity contribution in [2.24, 2.45) is 0 Å². The van der Waals surface area contributed by atoms with Gasteiger partial charge in [-0.2, -0.15) is 5.10 Å². The SMILES string of the molecule is Cc1cc(C(=O)O)nn1Cc1cc(Cl)cc2cc(N3CCCC3)nn12. The van der Waals surface area contributed by atoms with Gasteiger partial charge in [0.1, 0.15) is 0 Å². The number of pyridine rings is 1. The molecule has 4 heterocycles. The monoisotopic (exact) mass is 359 g/mol. The van der Waals surface area contributed by atoms with Gasteiger partial charge < -0.3 is 10.0 Å². The number of hydrogen-bond acceptors (Lipinski definition) is 4. The number of fused-ring (bicyclic) bond motifs is 1. The molecule has 4 rings (SSSR count). The van der Waals surface area contributed by atoms with Crippen LogP contribution < -0.4 is 4.90 Å². The summed E-state index contributed by atoms with van der Waals surface area (Å²) in [4.78, 5) is 13.4. The first-order valence-electron chi connectivity index (χ1n) is 8.22. The number of aryl methyl sites for hydroxylation is 1. The summed E-state index contributed by atoms with van der Waals surface area (Å²) in [6.07, 6.45) is 2.37. The molecule has 0 unspecified atom stereocenters. The van der Waals surface area contributed by atoms with E-state index in [1.807, 2.05) is 29.6 Å². The van der Waals surface area contributed by atoms with Crippen LogP contribution in [-0.2, 0) is 6.54 Å². The van der Waals surface area contributed by atoms with Crippen molar-refractivity contribution in [1.82, 2.24) is 19.4 Å². The molecule has 0 aromatic carbocycles. The van der Waals surface area contributed by atoms with Gasteiger partial charge in [-0.25, -0.2) is 9.31 Å². The van der Waals surface area contributed by atoms with Crippen LogP contribution in [-0.4, -0.2) is 43.6 Å².